The van der Waals surface area contributed by atoms with Crippen molar-refractivity contribution in [3.05, 3.63) is 12.2 Å². The van der Waals surface area contributed by atoms with Crippen LogP contribution in [0.2, 0.25) is 0 Å². The zero-order chi connectivity index (χ0) is 13.2. The summed E-state index contributed by atoms with van der Waals surface area (Å²) in [6.07, 6.45) is 0.913. The Morgan fingerprint density at radius 2 is 2.39 bits per heavy atom. The lowest BCUT2D eigenvalue weighted by atomic mass is 10.2. The van der Waals surface area contributed by atoms with Gasteiger partial charge in [-0.3, -0.25) is 4.90 Å². The highest BCUT2D eigenvalue weighted by molar-refractivity contribution is 5.68. The average molecular weight is 254 g/mol. The summed E-state index contributed by atoms with van der Waals surface area (Å²) in [6, 6.07) is -0.243. The van der Waals surface area contributed by atoms with Crippen LogP contribution in [-0.2, 0) is 4.74 Å². The fourth-order valence-electron chi connectivity index (χ4n) is 1.80. The second-order valence-electron chi connectivity index (χ2n) is 5.18. The first-order valence-corrected chi connectivity index (χ1v) is 5.94. The molecule has 0 spiro atoms. The van der Waals surface area contributed by atoms with Crippen molar-refractivity contribution in [1.29, 1.82) is 0 Å². The minimum Gasteiger partial charge on any atom is -0.444 e. The van der Waals surface area contributed by atoms with Gasteiger partial charge in [0.2, 0.25) is 6.39 Å². The number of nitrogens with zero attached hydrogens (tertiary/aromatic N) is 3. The zero-order valence-corrected chi connectivity index (χ0v) is 10.8. The summed E-state index contributed by atoms with van der Waals surface area (Å²) < 4.78 is 10.1. The molecule has 0 saturated carbocycles. The predicted octanol–water partition coefficient (Wildman–Crippen LogP) is 0.951. The van der Waals surface area contributed by atoms with E-state index in [1.807, 2.05) is 20.8 Å². The molecule has 0 bridgehead atoms. The van der Waals surface area contributed by atoms with Crippen molar-refractivity contribution >= 4 is 6.09 Å². The van der Waals surface area contributed by atoms with E-state index in [1.165, 1.54) is 6.39 Å². The molecule has 2 rings (SSSR count). The second-order valence-corrected chi connectivity index (χ2v) is 5.18. The largest absolute Gasteiger partial charge is 0.444 e. The number of aromatic nitrogens is 2. The molecule has 1 aliphatic heterocycles. The summed E-state index contributed by atoms with van der Waals surface area (Å²) in [5.41, 5.74) is -0.510. The molecular weight excluding hydrogens is 236 g/mol. The first kappa shape index (κ1) is 12.8. The van der Waals surface area contributed by atoms with E-state index in [0.717, 1.165) is 6.54 Å². The second kappa shape index (κ2) is 4.93. The third-order valence-electron chi connectivity index (χ3n) is 2.55. The van der Waals surface area contributed by atoms with Gasteiger partial charge >= 0.3 is 6.09 Å². The maximum atomic E-state index is 12.1. The molecule has 7 heteroatoms. The number of ether oxygens (including phenoxy) is 1. The number of rotatable bonds is 1. The van der Waals surface area contributed by atoms with E-state index in [-0.39, 0.29) is 12.1 Å². The van der Waals surface area contributed by atoms with E-state index in [2.05, 4.69) is 15.5 Å². The molecule has 1 saturated heterocycles. The smallest absolute Gasteiger partial charge is 0.411 e. The lowest BCUT2D eigenvalue weighted by Gasteiger charge is -2.35. The highest BCUT2D eigenvalue weighted by Crippen LogP contribution is 2.21. The van der Waals surface area contributed by atoms with Crippen LogP contribution >= 0.6 is 0 Å². The summed E-state index contributed by atoms with van der Waals surface area (Å²) in [7, 11) is 0. The van der Waals surface area contributed by atoms with E-state index in [1.54, 1.807) is 4.90 Å². The molecule has 1 amide bonds. The molecule has 0 radical (unpaired) electrons. The molecule has 7 nitrogen and oxygen atoms in total. The molecule has 1 fully saturated rings. The van der Waals surface area contributed by atoms with Gasteiger partial charge in [-0.15, -0.1) is 0 Å². The normalized spacial score (nSPS) is 20.8. The van der Waals surface area contributed by atoms with Crippen LogP contribution in [0.4, 0.5) is 4.79 Å². The minimum atomic E-state index is -0.510. The van der Waals surface area contributed by atoms with Gasteiger partial charge in [-0.25, -0.2) is 4.79 Å². The summed E-state index contributed by atoms with van der Waals surface area (Å²) in [4.78, 5) is 17.7. The zero-order valence-electron chi connectivity index (χ0n) is 10.8. The summed E-state index contributed by atoms with van der Waals surface area (Å²) >= 11 is 0. The topological polar surface area (TPSA) is 80.5 Å². The van der Waals surface area contributed by atoms with E-state index >= 15 is 0 Å². The maximum Gasteiger partial charge on any atom is 0.411 e. The van der Waals surface area contributed by atoms with Crippen LogP contribution in [0.3, 0.4) is 0 Å². The van der Waals surface area contributed by atoms with Crippen molar-refractivity contribution in [2.45, 2.75) is 32.4 Å². The Labute approximate surface area is 105 Å². The fourth-order valence-corrected chi connectivity index (χ4v) is 1.80. The third-order valence-corrected chi connectivity index (χ3v) is 2.55. The molecule has 1 unspecified atom stereocenters. The van der Waals surface area contributed by atoms with Crippen LogP contribution in [0.1, 0.15) is 32.6 Å². The van der Waals surface area contributed by atoms with Gasteiger partial charge in [-0.1, -0.05) is 5.16 Å². The Hall–Kier alpha value is -1.63. The van der Waals surface area contributed by atoms with Gasteiger partial charge in [0.1, 0.15) is 11.6 Å². The van der Waals surface area contributed by atoms with Crippen LogP contribution < -0.4 is 5.32 Å². The van der Waals surface area contributed by atoms with E-state index in [9.17, 15) is 4.79 Å². The molecule has 18 heavy (non-hydrogen) atoms. The van der Waals surface area contributed by atoms with Crippen molar-refractivity contribution in [3.63, 3.8) is 0 Å². The quantitative estimate of drug-likeness (QED) is 0.803. The monoisotopic (exact) mass is 254 g/mol. The molecule has 0 aliphatic carbocycles. The van der Waals surface area contributed by atoms with Gasteiger partial charge in [-0.05, 0) is 20.8 Å². The van der Waals surface area contributed by atoms with E-state index < -0.39 is 5.60 Å². The summed E-state index contributed by atoms with van der Waals surface area (Å²) in [5, 5.41) is 6.99. The third kappa shape index (κ3) is 2.98. The minimum absolute atomic E-state index is 0.243. The number of piperazine rings is 1. The van der Waals surface area contributed by atoms with Crippen LogP contribution in [0.15, 0.2) is 10.9 Å². The van der Waals surface area contributed by atoms with Gasteiger partial charge in [-0.2, -0.15) is 4.98 Å². The van der Waals surface area contributed by atoms with Gasteiger partial charge in [0.15, 0.2) is 5.82 Å². The molecule has 1 aromatic rings. The average Bonchev–Trinajstić information content (AvgIpc) is 2.80. The summed E-state index contributed by atoms with van der Waals surface area (Å²) in [5.74, 6) is 0.494. The standard InChI is InChI=1S/C11H18N4O3/c1-11(2,3)18-10(16)15-5-4-12-6-8(15)9-13-7-17-14-9/h7-8,12H,4-6H2,1-3H3. The van der Waals surface area contributed by atoms with Crippen molar-refractivity contribution in [2.24, 2.45) is 0 Å². The van der Waals surface area contributed by atoms with Gasteiger partial charge in [0.25, 0.3) is 0 Å². The lowest BCUT2D eigenvalue weighted by molar-refractivity contribution is 0.0106. The van der Waals surface area contributed by atoms with Gasteiger partial charge < -0.3 is 14.6 Å². The first-order chi connectivity index (χ1) is 8.47. The maximum absolute atomic E-state index is 12.1. The van der Waals surface area contributed by atoms with Crippen LogP contribution in [-0.4, -0.2) is 46.4 Å². The van der Waals surface area contributed by atoms with Crippen molar-refractivity contribution in [1.82, 2.24) is 20.4 Å². The van der Waals surface area contributed by atoms with E-state index in [4.69, 9.17) is 9.26 Å². The van der Waals surface area contributed by atoms with Crippen LogP contribution in [0.5, 0.6) is 0 Å². The molecule has 1 aliphatic rings. The lowest BCUT2D eigenvalue weighted by Crippen LogP contribution is -2.50. The SMILES string of the molecule is CC(C)(C)OC(=O)N1CCNCC1c1ncon1. The number of carbonyl (C=O) groups excluding carboxylic acids is 1. The Morgan fingerprint density at radius 1 is 1.61 bits per heavy atom. The first-order valence-electron chi connectivity index (χ1n) is 5.94. The number of nitrogens with one attached hydrogen (secondary N) is 1. The highest BCUT2D eigenvalue weighted by Gasteiger charge is 2.33. The van der Waals surface area contributed by atoms with Crippen molar-refractivity contribution in [3.8, 4) is 0 Å². The van der Waals surface area contributed by atoms with Crippen molar-refractivity contribution < 1.29 is 14.1 Å². The number of amides is 1. The molecule has 1 atom stereocenters. The number of carbonyl (C=O) groups is 1. The fraction of sp³-hybridized carbons (Fsp3) is 0.727. The van der Waals surface area contributed by atoms with Gasteiger partial charge in [0.05, 0.1) is 0 Å². The van der Waals surface area contributed by atoms with Crippen molar-refractivity contribution in [2.75, 3.05) is 19.6 Å². The highest BCUT2D eigenvalue weighted by atomic mass is 16.6. The number of hydrogen-bond acceptors (Lipinski definition) is 6. The molecule has 1 aromatic heterocycles. The molecular formula is C11H18N4O3. The van der Waals surface area contributed by atoms with Crippen LogP contribution in [0.25, 0.3) is 0 Å². The Morgan fingerprint density at radius 3 is 3.00 bits per heavy atom. The predicted molar refractivity (Wildman–Crippen MR) is 62.8 cm³/mol. The Balaban J connectivity index is 2.11. The van der Waals surface area contributed by atoms with E-state index in [0.29, 0.717) is 18.9 Å². The molecule has 1 N–H and O–H groups in total. The molecule has 2 heterocycles. The molecule has 100 valence electrons. The number of hydrogen-bond donors (Lipinski definition) is 1. The Kier molecular flexibility index (Phi) is 3.51. The van der Waals surface area contributed by atoms with Gasteiger partial charge in [0, 0.05) is 19.6 Å². The molecule has 0 aromatic carbocycles. The van der Waals surface area contributed by atoms with Crippen LogP contribution in [0, 0.1) is 0 Å². The summed E-state index contributed by atoms with van der Waals surface area (Å²) in [6.45, 7) is 7.42. The Bertz CT molecular complexity index is 399.